The summed E-state index contributed by atoms with van der Waals surface area (Å²) >= 11 is 0. The first kappa shape index (κ1) is 12.8. The maximum atomic E-state index is 12.2. The molecule has 1 aromatic rings. The number of rotatable bonds is 4. The molecule has 0 bridgehead atoms. The highest BCUT2D eigenvalue weighted by atomic mass is 16.2. The molecule has 1 aliphatic rings. The minimum absolute atomic E-state index is 0.107. The summed E-state index contributed by atoms with van der Waals surface area (Å²) in [6.45, 7) is 4.33. The zero-order valence-corrected chi connectivity index (χ0v) is 10.6. The first-order valence-corrected chi connectivity index (χ1v) is 6.42. The molecule has 2 rings (SSSR count). The Morgan fingerprint density at radius 2 is 2.33 bits per heavy atom. The van der Waals surface area contributed by atoms with Crippen molar-refractivity contribution in [2.75, 3.05) is 19.6 Å². The summed E-state index contributed by atoms with van der Waals surface area (Å²) in [6.07, 6.45) is 2.27. The van der Waals surface area contributed by atoms with Gasteiger partial charge in [0, 0.05) is 25.2 Å². The summed E-state index contributed by atoms with van der Waals surface area (Å²) < 4.78 is 0. The number of carbonyl (C=O) groups excluding carboxylic acids is 1. The third kappa shape index (κ3) is 2.98. The molecular formula is C13H19N3O2. The number of aromatic nitrogens is 1. The van der Waals surface area contributed by atoms with Crippen LogP contribution in [-0.4, -0.2) is 41.5 Å². The van der Waals surface area contributed by atoms with E-state index in [1.807, 2.05) is 6.92 Å². The lowest BCUT2D eigenvalue weighted by Crippen LogP contribution is -2.41. The standard InChI is InChI=1S/C13H19N3O2/c1-2-16(9-10-5-4-8-14-10)13(18)11-6-3-7-12(17)15-11/h3,6-7,10,14H,2,4-5,8-9H2,1H3,(H,15,17). The molecule has 0 aromatic carbocycles. The van der Waals surface area contributed by atoms with E-state index in [2.05, 4.69) is 10.3 Å². The van der Waals surface area contributed by atoms with Crippen LogP contribution in [0.25, 0.3) is 0 Å². The number of H-pyrrole nitrogens is 1. The van der Waals surface area contributed by atoms with Gasteiger partial charge in [-0.15, -0.1) is 0 Å². The molecule has 1 atom stereocenters. The third-order valence-electron chi connectivity index (χ3n) is 3.27. The van der Waals surface area contributed by atoms with E-state index in [9.17, 15) is 9.59 Å². The molecule has 1 saturated heterocycles. The van der Waals surface area contributed by atoms with Gasteiger partial charge in [-0.05, 0) is 32.4 Å². The summed E-state index contributed by atoms with van der Waals surface area (Å²) in [5, 5.41) is 3.37. The number of aromatic amines is 1. The first-order chi connectivity index (χ1) is 8.70. The van der Waals surface area contributed by atoms with Crippen LogP contribution >= 0.6 is 0 Å². The van der Waals surface area contributed by atoms with E-state index in [0.717, 1.165) is 13.0 Å². The summed E-state index contributed by atoms with van der Waals surface area (Å²) in [7, 11) is 0. The zero-order valence-electron chi connectivity index (χ0n) is 10.6. The normalized spacial score (nSPS) is 18.8. The molecule has 0 radical (unpaired) electrons. The molecular weight excluding hydrogens is 230 g/mol. The maximum absolute atomic E-state index is 12.2. The van der Waals surface area contributed by atoms with Gasteiger partial charge >= 0.3 is 0 Å². The molecule has 1 fully saturated rings. The van der Waals surface area contributed by atoms with E-state index in [4.69, 9.17) is 0 Å². The minimum Gasteiger partial charge on any atom is -0.336 e. The van der Waals surface area contributed by atoms with Gasteiger partial charge in [-0.25, -0.2) is 0 Å². The summed E-state index contributed by atoms with van der Waals surface area (Å²) in [4.78, 5) is 27.8. The fourth-order valence-corrected chi connectivity index (χ4v) is 2.28. The van der Waals surface area contributed by atoms with Crippen LogP contribution in [0.2, 0.25) is 0 Å². The predicted molar refractivity (Wildman–Crippen MR) is 69.7 cm³/mol. The highest BCUT2D eigenvalue weighted by Gasteiger charge is 2.21. The van der Waals surface area contributed by atoms with Crippen LogP contribution in [-0.2, 0) is 0 Å². The van der Waals surface area contributed by atoms with Gasteiger partial charge < -0.3 is 15.2 Å². The van der Waals surface area contributed by atoms with Gasteiger partial charge in [-0.1, -0.05) is 6.07 Å². The molecule has 1 unspecified atom stereocenters. The van der Waals surface area contributed by atoms with Crippen molar-refractivity contribution in [3.63, 3.8) is 0 Å². The van der Waals surface area contributed by atoms with Crippen LogP contribution in [0.1, 0.15) is 30.3 Å². The Morgan fingerprint density at radius 1 is 1.50 bits per heavy atom. The second kappa shape index (κ2) is 5.82. The summed E-state index contributed by atoms with van der Waals surface area (Å²) in [6, 6.07) is 5.04. The number of nitrogens with one attached hydrogen (secondary N) is 2. The Kier molecular flexibility index (Phi) is 4.15. The Hall–Kier alpha value is -1.62. The second-order valence-electron chi connectivity index (χ2n) is 4.57. The van der Waals surface area contributed by atoms with Crippen molar-refractivity contribution < 1.29 is 4.79 Å². The molecule has 5 heteroatoms. The molecule has 5 nitrogen and oxygen atoms in total. The molecule has 1 aromatic heterocycles. The van der Waals surface area contributed by atoms with Crippen molar-refractivity contribution in [3.8, 4) is 0 Å². The SMILES string of the molecule is CCN(CC1CCCN1)C(=O)c1cccc(=O)[nH]1. The van der Waals surface area contributed by atoms with Crippen molar-refractivity contribution in [1.82, 2.24) is 15.2 Å². The quantitative estimate of drug-likeness (QED) is 0.820. The van der Waals surface area contributed by atoms with Crippen LogP contribution in [0, 0.1) is 0 Å². The average Bonchev–Trinajstić information content (AvgIpc) is 2.88. The van der Waals surface area contributed by atoms with E-state index in [1.54, 1.807) is 17.0 Å². The van der Waals surface area contributed by atoms with Crippen LogP contribution in [0.15, 0.2) is 23.0 Å². The number of nitrogens with zero attached hydrogens (tertiary/aromatic N) is 1. The minimum atomic E-state index is -0.240. The number of pyridine rings is 1. The topological polar surface area (TPSA) is 65.2 Å². The van der Waals surface area contributed by atoms with Gasteiger partial charge in [0.15, 0.2) is 0 Å². The van der Waals surface area contributed by atoms with Gasteiger partial charge in [0.05, 0.1) is 0 Å². The van der Waals surface area contributed by atoms with E-state index < -0.39 is 0 Å². The van der Waals surface area contributed by atoms with Crippen LogP contribution in [0.5, 0.6) is 0 Å². The fourth-order valence-electron chi connectivity index (χ4n) is 2.28. The van der Waals surface area contributed by atoms with Crippen LogP contribution in [0.4, 0.5) is 0 Å². The Bertz CT molecular complexity index is 463. The van der Waals surface area contributed by atoms with E-state index in [0.29, 0.717) is 24.8 Å². The van der Waals surface area contributed by atoms with Crippen molar-refractivity contribution in [1.29, 1.82) is 0 Å². The smallest absolute Gasteiger partial charge is 0.270 e. The zero-order chi connectivity index (χ0) is 13.0. The summed E-state index contributed by atoms with van der Waals surface area (Å²) in [5.74, 6) is -0.107. The Morgan fingerprint density at radius 3 is 2.94 bits per heavy atom. The van der Waals surface area contributed by atoms with Crippen molar-refractivity contribution in [2.45, 2.75) is 25.8 Å². The van der Waals surface area contributed by atoms with Gasteiger partial charge in [0.2, 0.25) is 5.56 Å². The lowest BCUT2D eigenvalue weighted by molar-refractivity contribution is 0.0745. The Balaban J connectivity index is 2.07. The fraction of sp³-hybridized carbons (Fsp3) is 0.538. The van der Waals surface area contributed by atoms with E-state index in [1.165, 1.54) is 12.5 Å². The molecule has 0 spiro atoms. The number of hydrogen-bond acceptors (Lipinski definition) is 3. The van der Waals surface area contributed by atoms with E-state index >= 15 is 0 Å². The predicted octanol–water partition coefficient (Wildman–Crippen LogP) is 0.589. The third-order valence-corrected chi connectivity index (χ3v) is 3.27. The summed E-state index contributed by atoms with van der Waals surface area (Å²) in [5.41, 5.74) is 0.123. The Labute approximate surface area is 106 Å². The van der Waals surface area contributed by atoms with Gasteiger partial charge in [-0.2, -0.15) is 0 Å². The molecule has 0 aliphatic carbocycles. The molecule has 98 valence electrons. The monoisotopic (exact) mass is 249 g/mol. The van der Waals surface area contributed by atoms with Gasteiger partial charge in [0.25, 0.3) is 5.91 Å². The van der Waals surface area contributed by atoms with Crippen molar-refractivity contribution in [2.24, 2.45) is 0 Å². The number of hydrogen-bond donors (Lipinski definition) is 2. The van der Waals surface area contributed by atoms with Crippen molar-refractivity contribution >= 4 is 5.91 Å². The number of likely N-dealkylation sites (N-methyl/N-ethyl adjacent to an activating group) is 1. The van der Waals surface area contributed by atoms with Crippen LogP contribution < -0.4 is 10.9 Å². The molecule has 1 aliphatic heterocycles. The highest BCUT2D eigenvalue weighted by Crippen LogP contribution is 2.08. The number of amides is 1. The molecule has 2 N–H and O–H groups in total. The van der Waals surface area contributed by atoms with Crippen LogP contribution in [0.3, 0.4) is 0 Å². The van der Waals surface area contributed by atoms with Crippen molar-refractivity contribution in [3.05, 3.63) is 34.2 Å². The lowest BCUT2D eigenvalue weighted by atomic mass is 10.2. The average molecular weight is 249 g/mol. The molecule has 0 saturated carbocycles. The molecule has 2 heterocycles. The first-order valence-electron chi connectivity index (χ1n) is 6.42. The highest BCUT2D eigenvalue weighted by molar-refractivity contribution is 5.92. The largest absolute Gasteiger partial charge is 0.336 e. The van der Waals surface area contributed by atoms with Gasteiger partial charge in [0.1, 0.15) is 5.69 Å². The molecule has 18 heavy (non-hydrogen) atoms. The second-order valence-corrected chi connectivity index (χ2v) is 4.57. The lowest BCUT2D eigenvalue weighted by Gasteiger charge is -2.24. The maximum Gasteiger partial charge on any atom is 0.270 e. The number of carbonyl (C=O) groups is 1. The van der Waals surface area contributed by atoms with E-state index in [-0.39, 0.29) is 11.5 Å². The molecule has 1 amide bonds. The van der Waals surface area contributed by atoms with Gasteiger partial charge in [-0.3, -0.25) is 9.59 Å².